The Balaban J connectivity index is 2.80. The molecule has 0 fully saturated rings. The van der Waals surface area contributed by atoms with Crippen molar-refractivity contribution in [2.75, 3.05) is 5.73 Å². The predicted molar refractivity (Wildman–Crippen MR) is 80.5 cm³/mol. The average Bonchev–Trinajstić information content (AvgIpc) is 2.39. The molecule has 110 valence electrons. The van der Waals surface area contributed by atoms with E-state index in [0.717, 1.165) is 6.07 Å². The molecule has 1 aromatic carbocycles. The number of nitrogens with two attached hydrogens (primary N) is 1. The first-order valence-electron chi connectivity index (χ1n) is 5.89. The van der Waals surface area contributed by atoms with Crippen LogP contribution in [0.1, 0.15) is 21.6 Å². The largest absolute Gasteiger partial charge is 0.476 e. The lowest BCUT2D eigenvalue weighted by Crippen LogP contribution is -2.06. The summed E-state index contributed by atoms with van der Waals surface area (Å²) in [6, 6.07) is 2.50. The van der Waals surface area contributed by atoms with Crippen molar-refractivity contribution in [3.05, 3.63) is 44.8 Å². The molecule has 0 unspecified atom stereocenters. The summed E-state index contributed by atoms with van der Waals surface area (Å²) in [5.41, 5.74) is 6.78. The molecule has 0 bridgehead atoms. The second kappa shape index (κ2) is 5.50. The standard InChI is InChI=1S/C14H11Cl2FN2O2/c1-5-6(2)11(8(17)3-7(5)15)10-4-9(18)12(16)13(19-10)14(20)21/h3-4H,1-2H3,(H2,18,19)(H,20,21). The van der Waals surface area contributed by atoms with Gasteiger partial charge in [0.05, 0.1) is 16.4 Å². The average molecular weight is 329 g/mol. The number of carbonyl (C=O) groups is 1. The van der Waals surface area contributed by atoms with Gasteiger partial charge in [-0.3, -0.25) is 0 Å². The Morgan fingerprint density at radius 2 is 1.90 bits per heavy atom. The number of aromatic nitrogens is 1. The third kappa shape index (κ3) is 2.66. The van der Waals surface area contributed by atoms with E-state index in [4.69, 9.17) is 34.0 Å². The molecular formula is C14H11Cl2FN2O2. The predicted octanol–water partition coefficient (Wildman–Crippen LogP) is 4.09. The molecule has 3 N–H and O–H groups in total. The van der Waals surface area contributed by atoms with Gasteiger partial charge in [-0.25, -0.2) is 14.2 Å². The van der Waals surface area contributed by atoms with Crippen LogP contribution in [0.4, 0.5) is 10.1 Å². The Bertz CT molecular complexity index is 763. The van der Waals surface area contributed by atoms with Crippen LogP contribution in [0.5, 0.6) is 0 Å². The molecule has 1 aromatic heterocycles. The Labute approximate surface area is 130 Å². The topological polar surface area (TPSA) is 76.2 Å². The third-order valence-electron chi connectivity index (χ3n) is 3.23. The molecule has 7 heteroatoms. The highest BCUT2D eigenvalue weighted by Gasteiger charge is 2.20. The summed E-state index contributed by atoms with van der Waals surface area (Å²) < 4.78 is 14.2. The van der Waals surface area contributed by atoms with E-state index in [1.807, 2.05) is 0 Å². The number of hydrogen-bond acceptors (Lipinski definition) is 3. The maximum Gasteiger partial charge on any atom is 0.356 e. The number of anilines is 1. The number of carboxylic acid groups (broad SMARTS) is 1. The molecule has 0 aliphatic heterocycles. The van der Waals surface area contributed by atoms with Crippen LogP contribution in [0.25, 0.3) is 11.3 Å². The van der Waals surface area contributed by atoms with Crippen LogP contribution >= 0.6 is 23.2 Å². The Hall–Kier alpha value is -1.85. The molecule has 0 amide bonds. The Kier molecular flexibility index (Phi) is 4.07. The first kappa shape index (κ1) is 15.5. The second-order valence-corrected chi connectivity index (χ2v) is 5.31. The van der Waals surface area contributed by atoms with Crippen LogP contribution in [-0.4, -0.2) is 16.1 Å². The van der Waals surface area contributed by atoms with Crippen molar-refractivity contribution in [3.63, 3.8) is 0 Å². The highest BCUT2D eigenvalue weighted by molar-refractivity contribution is 6.35. The molecule has 0 spiro atoms. The highest BCUT2D eigenvalue weighted by Crippen LogP contribution is 2.34. The lowest BCUT2D eigenvalue weighted by atomic mass is 9.99. The van der Waals surface area contributed by atoms with E-state index in [0.29, 0.717) is 11.1 Å². The van der Waals surface area contributed by atoms with Gasteiger partial charge in [0, 0.05) is 10.6 Å². The van der Waals surface area contributed by atoms with Gasteiger partial charge < -0.3 is 10.8 Å². The Morgan fingerprint density at radius 3 is 2.48 bits per heavy atom. The van der Waals surface area contributed by atoms with Gasteiger partial charge in [0.2, 0.25) is 0 Å². The fraction of sp³-hybridized carbons (Fsp3) is 0.143. The van der Waals surface area contributed by atoms with Crippen LogP contribution in [0.3, 0.4) is 0 Å². The van der Waals surface area contributed by atoms with E-state index in [2.05, 4.69) is 4.98 Å². The van der Waals surface area contributed by atoms with Gasteiger partial charge in [0.25, 0.3) is 0 Å². The molecule has 2 rings (SSSR count). The molecule has 0 saturated heterocycles. The van der Waals surface area contributed by atoms with Gasteiger partial charge in [-0.05, 0) is 37.1 Å². The van der Waals surface area contributed by atoms with Gasteiger partial charge in [-0.15, -0.1) is 0 Å². The number of rotatable bonds is 2. The molecule has 21 heavy (non-hydrogen) atoms. The molecule has 2 aromatic rings. The van der Waals surface area contributed by atoms with Crippen molar-refractivity contribution in [1.29, 1.82) is 0 Å². The zero-order valence-corrected chi connectivity index (χ0v) is 12.7. The Morgan fingerprint density at radius 1 is 1.29 bits per heavy atom. The monoisotopic (exact) mass is 328 g/mol. The van der Waals surface area contributed by atoms with Crippen LogP contribution < -0.4 is 5.73 Å². The van der Waals surface area contributed by atoms with Crippen molar-refractivity contribution in [3.8, 4) is 11.3 Å². The fourth-order valence-electron chi connectivity index (χ4n) is 1.97. The summed E-state index contributed by atoms with van der Waals surface area (Å²) >= 11 is 11.7. The molecule has 0 atom stereocenters. The minimum absolute atomic E-state index is 0.0190. The number of pyridine rings is 1. The minimum Gasteiger partial charge on any atom is -0.476 e. The molecule has 0 aliphatic carbocycles. The molecule has 0 aliphatic rings. The summed E-state index contributed by atoms with van der Waals surface area (Å²) in [7, 11) is 0. The van der Waals surface area contributed by atoms with Gasteiger partial charge in [0.15, 0.2) is 5.69 Å². The van der Waals surface area contributed by atoms with Gasteiger partial charge in [0.1, 0.15) is 5.82 Å². The van der Waals surface area contributed by atoms with Gasteiger partial charge >= 0.3 is 5.97 Å². The van der Waals surface area contributed by atoms with E-state index in [-0.39, 0.29) is 27.0 Å². The van der Waals surface area contributed by atoms with E-state index < -0.39 is 17.5 Å². The first-order valence-corrected chi connectivity index (χ1v) is 6.64. The summed E-state index contributed by atoms with van der Waals surface area (Å²) in [5.74, 6) is -1.94. The summed E-state index contributed by atoms with van der Waals surface area (Å²) in [6.07, 6.45) is 0. The van der Waals surface area contributed by atoms with Crippen LogP contribution in [0.2, 0.25) is 10.0 Å². The lowest BCUT2D eigenvalue weighted by Gasteiger charge is -2.13. The van der Waals surface area contributed by atoms with Crippen LogP contribution in [0.15, 0.2) is 12.1 Å². The zero-order valence-electron chi connectivity index (χ0n) is 11.2. The molecular weight excluding hydrogens is 318 g/mol. The number of nitrogens with zero attached hydrogens (tertiary/aromatic N) is 1. The molecule has 4 nitrogen and oxygen atoms in total. The SMILES string of the molecule is Cc1c(Cl)cc(F)c(-c2cc(N)c(Cl)c(C(=O)O)n2)c1C. The van der Waals surface area contributed by atoms with E-state index in [1.54, 1.807) is 13.8 Å². The maximum absolute atomic E-state index is 14.2. The smallest absolute Gasteiger partial charge is 0.356 e. The van der Waals surface area contributed by atoms with E-state index in [1.165, 1.54) is 6.07 Å². The number of aromatic carboxylic acids is 1. The number of hydrogen-bond donors (Lipinski definition) is 2. The van der Waals surface area contributed by atoms with E-state index in [9.17, 15) is 9.18 Å². The molecule has 1 heterocycles. The number of benzene rings is 1. The molecule has 0 saturated carbocycles. The van der Waals surface area contributed by atoms with Crippen LogP contribution in [0, 0.1) is 19.7 Å². The maximum atomic E-state index is 14.2. The quantitative estimate of drug-likeness (QED) is 0.870. The summed E-state index contributed by atoms with van der Waals surface area (Å²) in [5, 5.41) is 9.20. The zero-order chi connectivity index (χ0) is 15.9. The van der Waals surface area contributed by atoms with Crippen molar-refractivity contribution < 1.29 is 14.3 Å². The summed E-state index contributed by atoms with van der Waals surface area (Å²) in [6.45, 7) is 3.41. The normalized spacial score (nSPS) is 10.7. The number of carboxylic acids is 1. The number of halogens is 3. The lowest BCUT2D eigenvalue weighted by molar-refractivity contribution is 0.0691. The summed E-state index contributed by atoms with van der Waals surface area (Å²) in [4.78, 5) is 15.0. The molecule has 0 radical (unpaired) electrons. The second-order valence-electron chi connectivity index (χ2n) is 4.53. The van der Waals surface area contributed by atoms with Gasteiger partial charge in [-0.2, -0.15) is 0 Å². The van der Waals surface area contributed by atoms with Crippen molar-refractivity contribution in [2.45, 2.75) is 13.8 Å². The van der Waals surface area contributed by atoms with Crippen molar-refractivity contribution in [1.82, 2.24) is 4.98 Å². The van der Waals surface area contributed by atoms with Crippen molar-refractivity contribution in [2.24, 2.45) is 0 Å². The van der Waals surface area contributed by atoms with Crippen LogP contribution in [-0.2, 0) is 0 Å². The third-order valence-corrected chi connectivity index (χ3v) is 4.02. The van der Waals surface area contributed by atoms with Crippen molar-refractivity contribution >= 4 is 34.9 Å². The number of nitrogen functional groups attached to an aromatic ring is 1. The van der Waals surface area contributed by atoms with Gasteiger partial charge in [-0.1, -0.05) is 23.2 Å². The first-order chi connectivity index (χ1) is 9.73. The minimum atomic E-state index is -1.34. The highest BCUT2D eigenvalue weighted by atomic mass is 35.5. The van der Waals surface area contributed by atoms with E-state index >= 15 is 0 Å². The fourth-order valence-corrected chi connectivity index (χ4v) is 2.39.